The summed E-state index contributed by atoms with van der Waals surface area (Å²) in [6.45, 7) is 1.81. The van der Waals surface area contributed by atoms with Crippen molar-refractivity contribution in [1.29, 1.82) is 0 Å². The van der Waals surface area contributed by atoms with E-state index >= 15 is 0 Å². The first-order chi connectivity index (χ1) is 7.86. The summed E-state index contributed by atoms with van der Waals surface area (Å²) in [5.41, 5.74) is 5.89. The Balaban J connectivity index is 2.93. The molecule has 0 bridgehead atoms. The van der Waals surface area contributed by atoms with E-state index in [2.05, 4.69) is 4.72 Å². The predicted molar refractivity (Wildman–Crippen MR) is 74.0 cm³/mol. The zero-order valence-corrected chi connectivity index (χ0v) is 12.0. The third-order valence-corrected chi connectivity index (χ3v) is 4.80. The third-order valence-electron chi connectivity index (χ3n) is 2.06. The van der Waals surface area contributed by atoms with Gasteiger partial charge in [0.05, 0.1) is 15.6 Å². The van der Waals surface area contributed by atoms with Crippen LogP contribution < -0.4 is 10.5 Å². The lowest BCUT2D eigenvalue weighted by molar-refractivity contribution is 0.571. The topological polar surface area (TPSA) is 72.2 Å². The number of nitrogens with two attached hydrogens (primary N) is 1. The monoisotopic (exact) mass is 294 g/mol. The van der Waals surface area contributed by atoms with Gasteiger partial charge in [-0.05, 0) is 31.4 Å². The Morgan fingerprint density at radius 2 is 2.18 bits per heavy atom. The minimum atomic E-state index is -3.52. The van der Waals surface area contributed by atoms with E-state index in [-0.39, 0.29) is 16.0 Å². The van der Waals surface area contributed by atoms with Gasteiger partial charge >= 0.3 is 0 Å². The number of nitrogen functional groups attached to an aromatic ring is 1. The molecule has 0 aromatic heterocycles. The van der Waals surface area contributed by atoms with Gasteiger partial charge in [-0.3, -0.25) is 0 Å². The highest BCUT2D eigenvalue weighted by atomic mass is 35.5. The van der Waals surface area contributed by atoms with Gasteiger partial charge in [-0.25, -0.2) is 13.1 Å². The van der Waals surface area contributed by atoms with Gasteiger partial charge in [0.1, 0.15) is 0 Å². The molecule has 1 aromatic carbocycles. The van der Waals surface area contributed by atoms with Gasteiger partial charge in [-0.15, -0.1) is 0 Å². The van der Waals surface area contributed by atoms with Gasteiger partial charge in [0, 0.05) is 11.8 Å². The molecule has 0 aliphatic heterocycles. The van der Waals surface area contributed by atoms with Crippen LogP contribution in [0.25, 0.3) is 0 Å². The van der Waals surface area contributed by atoms with E-state index in [1.165, 1.54) is 18.2 Å². The molecule has 0 aliphatic carbocycles. The lowest BCUT2D eigenvalue weighted by Gasteiger charge is -2.13. The first kappa shape index (κ1) is 14.6. The molecule has 0 spiro atoms. The minimum Gasteiger partial charge on any atom is -0.398 e. The van der Waals surface area contributed by atoms with E-state index in [0.717, 1.165) is 0 Å². The Kier molecular flexibility index (Phi) is 5.12. The lowest BCUT2D eigenvalue weighted by atomic mass is 10.3. The van der Waals surface area contributed by atoms with Gasteiger partial charge in [0.2, 0.25) is 10.0 Å². The number of halogens is 1. The van der Waals surface area contributed by atoms with Crippen molar-refractivity contribution in [3.63, 3.8) is 0 Å². The summed E-state index contributed by atoms with van der Waals surface area (Å²) in [5.74, 6) is 0.710. The average molecular weight is 295 g/mol. The molecule has 1 rings (SSSR count). The molecule has 7 heteroatoms. The smallest absolute Gasteiger partial charge is 0.240 e. The van der Waals surface area contributed by atoms with Crippen LogP contribution in [-0.4, -0.2) is 26.5 Å². The van der Waals surface area contributed by atoms with Crippen LogP contribution >= 0.6 is 23.4 Å². The summed E-state index contributed by atoms with van der Waals surface area (Å²) >= 11 is 7.37. The first-order valence-electron chi connectivity index (χ1n) is 4.93. The number of hydrogen-bond donors (Lipinski definition) is 2. The fourth-order valence-electron chi connectivity index (χ4n) is 1.29. The van der Waals surface area contributed by atoms with Crippen LogP contribution in [0.5, 0.6) is 0 Å². The highest BCUT2D eigenvalue weighted by molar-refractivity contribution is 7.98. The van der Waals surface area contributed by atoms with Crippen molar-refractivity contribution in [3.05, 3.63) is 23.2 Å². The molecule has 1 unspecified atom stereocenters. The summed E-state index contributed by atoms with van der Waals surface area (Å²) in [7, 11) is -3.52. The molecule has 17 heavy (non-hydrogen) atoms. The van der Waals surface area contributed by atoms with E-state index in [0.29, 0.717) is 11.4 Å². The van der Waals surface area contributed by atoms with Crippen LogP contribution in [0.15, 0.2) is 23.1 Å². The molecule has 0 heterocycles. The van der Waals surface area contributed by atoms with E-state index in [4.69, 9.17) is 17.3 Å². The second-order valence-electron chi connectivity index (χ2n) is 3.66. The maximum atomic E-state index is 12.0. The van der Waals surface area contributed by atoms with E-state index in [1.807, 2.05) is 13.2 Å². The largest absolute Gasteiger partial charge is 0.398 e. The molecule has 1 atom stereocenters. The van der Waals surface area contributed by atoms with Crippen LogP contribution in [0.2, 0.25) is 5.02 Å². The zero-order valence-electron chi connectivity index (χ0n) is 9.60. The fraction of sp³-hybridized carbons (Fsp3) is 0.400. The molecule has 3 N–H and O–H groups in total. The van der Waals surface area contributed by atoms with E-state index < -0.39 is 10.0 Å². The van der Waals surface area contributed by atoms with E-state index in [9.17, 15) is 8.42 Å². The summed E-state index contributed by atoms with van der Waals surface area (Å²) in [6, 6.07) is 4.14. The highest BCUT2D eigenvalue weighted by Crippen LogP contribution is 2.22. The fourth-order valence-corrected chi connectivity index (χ4v) is 3.50. The number of sulfonamides is 1. The zero-order chi connectivity index (χ0) is 13.1. The van der Waals surface area contributed by atoms with Crippen molar-refractivity contribution < 1.29 is 8.42 Å². The molecule has 0 amide bonds. The van der Waals surface area contributed by atoms with Crippen LogP contribution in [0, 0.1) is 0 Å². The van der Waals surface area contributed by atoms with Crippen LogP contribution in [0.1, 0.15) is 6.92 Å². The third kappa shape index (κ3) is 4.06. The Labute approximate surface area is 111 Å². The highest BCUT2D eigenvalue weighted by Gasteiger charge is 2.17. The number of hydrogen-bond acceptors (Lipinski definition) is 4. The minimum absolute atomic E-state index is 0.129. The second kappa shape index (κ2) is 5.95. The number of nitrogens with one attached hydrogen (secondary N) is 1. The number of anilines is 1. The van der Waals surface area contributed by atoms with Crippen LogP contribution in [-0.2, 0) is 10.0 Å². The van der Waals surface area contributed by atoms with E-state index in [1.54, 1.807) is 11.8 Å². The van der Waals surface area contributed by atoms with Crippen LogP contribution in [0.3, 0.4) is 0 Å². The summed E-state index contributed by atoms with van der Waals surface area (Å²) < 4.78 is 26.5. The van der Waals surface area contributed by atoms with Gasteiger partial charge in [-0.2, -0.15) is 11.8 Å². The first-order valence-corrected chi connectivity index (χ1v) is 8.18. The second-order valence-corrected chi connectivity index (χ2v) is 6.69. The van der Waals surface area contributed by atoms with Crippen molar-refractivity contribution in [2.24, 2.45) is 0 Å². The normalized spacial score (nSPS) is 13.6. The molecule has 0 radical (unpaired) electrons. The Bertz CT molecular complexity index is 491. The van der Waals surface area contributed by atoms with Gasteiger partial charge in [-0.1, -0.05) is 11.6 Å². The quantitative estimate of drug-likeness (QED) is 0.814. The molecule has 0 saturated heterocycles. The molecule has 0 fully saturated rings. The van der Waals surface area contributed by atoms with Crippen molar-refractivity contribution in [2.75, 3.05) is 17.7 Å². The molecule has 96 valence electrons. The number of rotatable bonds is 5. The number of thioether (sulfide) groups is 1. The van der Waals surface area contributed by atoms with Gasteiger partial charge in [0.15, 0.2) is 0 Å². The Hall–Kier alpha value is -0.430. The van der Waals surface area contributed by atoms with Gasteiger partial charge < -0.3 is 5.73 Å². The Morgan fingerprint density at radius 3 is 2.71 bits per heavy atom. The summed E-state index contributed by atoms with van der Waals surface area (Å²) in [6.07, 6.45) is 1.92. The molecule has 4 nitrogen and oxygen atoms in total. The SMILES string of the molecule is CSCC(C)NS(=O)(=O)c1ccc(N)c(Cl)c1. The molecular formula is C10H15ClN2O2S2. The average Bonchev–Trinajstić information content (AvgIpc) is 2.21. The number of benzene rings is 1. The maximum Gasteiger partial charge on any atom is 0.240 e. The van der Waals surface area contributed by atoms with Crippen molar-refractivity contribution >= 4 is 39.1 Å². The molecule has 0 saturated carbocycles. The summed E-state index contributed by atoms with van der Waals surface area (Å²) in [4.78, 5) is 0.129. The Morgan fingerprint density at radius 1 is 1.53 bits per heavy atom. The van der Waals surface area contributed by atoms with Crippen molar-refractivity contribution in [1.82, 2.24) is 4.72 Å². The van der Waals surface area contributed by atoms with Crippen LogP contribution in [0.4, 0.5) is 5.69 Å². The maximum absolute atomic E-state index is 12.0. The summed E-state index contributed by atoms with van der Waals surface area (Å²) in [5, 5.41) is 0.241. The molecular weight excluding hydrogens is 280 g/mol. The predicted octanol–water partition coefficient (Wildman–Crippen LogP) is 1.95. The van der Waals surface area contributed by atoms with Crippen molar-refractivity contribution in [3.8, 4) is 0 Å². The standard InChI is InChI=1S/C10H15ClN2O2S2/c1-7(6-16-2)13-17(14,15)8-3-4-10(12)9(11)5-8/h3-5,7,13H,6,12H2,1-2H3. The van der Waals surface area contributed by atoms with Gasteiger partial charge in [0.25, 0.3) is 0 Å². The van der Waals surface area contributed by atoms with Crippen molar-refractivity contribution in [2.45, 2.75) is 17.9 Å². The lowest BCUT2D eigenvalue weighted by Crippen LogP contribution is -2.34. The molecule has 0 aliphatic rings. The molecule has 1 aromatic rings.